The van der Waals surface area contributed by atoms with Gasteiger partial charge >= 0.3 is 0 Å². The summed E-state index contributed by atoms with van der Waals surface area (Å²) in [4.78, 5) is 11.9. The zero-order valence-electron chi connectivity index (χ0n) is 11.1. The molecule has 0 heterocycles. The fourth-order valence-corrected chi connectivity index (χ4v) is 3.12. The van der Waals surface area contributed by atoms with Gasteiger partial charge in [-0.15, -0.1) is 11.6 Å². The largest absolute Gasteiger partial charge is 0.352 e. The molecule has 1 saturated carbocycles. The number of hydrogen-bond donors (Lipinski definition) is 1. The highest BCUT2D eigenvalue weighted by atomic mass is 35.5. The smallest absolute Gasteiger partial charge is 0.254 e. The molecule has 1 fully saturated rings. The van der Waals surface area contributed by atoms with Crippen LogP contribution in [0.4, 0.5) is 4.39 Å². The van der Waals surface area contributed by atoms with Crippen LogP contribution in [0.2, 0.25) is 0 Å². The summed E-state index contributed by atoms with van der Waals surface area (Å²) in [5.74, 6) is 0.745. The van der Waals surface area contributed by atoms with Gasteiger partial charge < -0.3 is 5.32 Å². The van der Waals surface area contributed by atoms with E-state index in [1.165, 1.54) is 12.1 Å². The maximum atomic E-state index is 13.7. The minimum absolute atomic E-state index is 0.117. The maximum Gasteiger partial charge on any atom is 0.254 e. The Hall–Kier alpha value is -1.09. The molecule has 0 saturated heterocycles. The van der Waals surface area contributed by atoms with Crippen molar-refractivity contribution in [1.82, 2.24) is 5.32 Å². The average molecular weight is 284 g/mol. The van der Waals surface area contributed by atoms with E-state index in [1.54, 1.807) is 13.0 Å². The Morgan fingerprint density at radius 3 is 2.84 bits per heavy atom. The van der Waals surface area contributed by atoms with Crippen LogP contribution >= 0.6 is 11.6 Å². The third-order valence-electron chi connectivity index (χ3n) is 3.91. The number of alkyl halides is 1. The Kier molecular flexibility index (Phi) is 4.81. The van der Waals surface area contributed by atoms with Crippen LogP contribution in [0.15, 0.2) is 18.2 Å². The second-order valence-corrected chi connectivity index (χ2v) is 5.61. The van der Waals surface area contributed by atoms with Crippen molar-refractivity contribution in [2.24, 2.45) is 11.8 Å². The van der Waals surface area contributed by atoms with Gasteiger partial charge in [-0.05, 0) is 49.3 Å². The molecule has 1 aromatic rings. The van der Waals surface area contributed by atoms with Crippen LogP contribution in [0, 0.1) is 24.6 Å². The molecule has 2 unspecified atom stereocenters. The van der Waals surface area contributed by atoms with Gasteiger partial charge in [-0.1, -0.05) is 12.5 Å². The van der Waals surface area contributed by atoms with Crippen LogP contribution in [-0.4, -0.2) is 18.3 Å². The normalized spacial score (nSPS) is 22.5. The summed E-state index contributed by atoms with van der Waals surface area (Å²) in [6.45, 7) is 2.39. The number of carbonyl (C=O) groups excluding carboxylic acids is 1. The Balaban J connectivity index is 1.94. The highest BCUT2D eigenvalue weighted by molar-refractivity contribution is 6.18. The molecule has 2 rings (SSSR count). The lowest BCUT2D eigenvalue weighted by Crippen LogP contribution is -2.31. The molecule has 4 heteroatoms. The number of hydrogen-bond acceptors (Lipinski definition) is 1. The van der Waals surface area contributed by atoms with Crippen molar-refractivity contribution in [1.29, 1.82) is 0 Å². The molecule has 0 aliphatic heterocycles. The molecule has 0 aromatic heterocycles. The van der Waals surface area contributed by atoms with Crippen molar-refractivity contribution >= 4 is 17.5 Å². The summed E-state index contributed by atoms with van der Waals surface area (Å²) >= 11 is 5.90. The molecule has 0 radical (unpaired) electrons. The molecule has 0 spiro atoms. The first kappa shape index (κ1) is 14.3. The van der Waals surface area contributed by atoms with E-state index in [0.717, 1.165) is 24.8 Å². The van der Waals surface area contributed by atoms with E-state index < -0.39 is 5.82 Å². The molecule has 1 N–H and O–H groups in total. The summed E-state index contributed by atoms with van der Waals surface area (Å²) in [5.41, 5.74) is 0.929. The predicted octanol–water partition coefficient (Wildman–Crippen LogP) is 3.52. The minimum Gasteiger partial charge on any atom is -0.352 e. The van der Waals surface area contributed by atoms with E-state index in [2.05, 4.69) is 5.32 Å². The quantitative estimate of drug-likeness (QED) is 0.842. The van der Waals surface area contributed by atoms with Crippen LogP contribution in [0.5, 0.6) is 0 Å². The second-order valence-electron chi connectivity index (χ2n) is 5.30. The number of aryl methyl sites for hydroxylation is 1. The number of benzene rings is 1. The molecule has 2 nitrogen and oxygen atoms in total. The van der Waals surface area contributed by atoms with Crippen LogP contribution in [-0.2, 0) is 0 Å². The van der Waals surface area contributed by atoms with Gasteiger partial charge in [0.15, 0.2) is 0 Å². The highest BCUT2D eigenvalue weighted by Crippen LogP contribution is 2.32. The lowest BCUT2D eigenvalue weighted by Gasteiger charge is -2.17. The number of rotatable bonds is 4. The minimum atomic E-state index is -0.460. The van der Waals surface area contributed by atoms with E-state index >= 15 is 0 Å². The standard InChI is InChI=1S/C15H19ClFNO/c1-10-5-6-13(14(17)7-10)15(19)18-9-12-4-2-3-11(12)8-16/h5-7,11-12H,2-4,8-9H2,1H3,(H,18,19). The van der Waals surface area contributed by atoms with Gasteiger partial charge in [0.05, 0.1) is 5.56 Å². The van der Waals surface area contributed by atoms with E-state index in [9.17, 15) is 9.18 Å². The van der Waals surface area contributed by atoms with E-state index in [0.29, 0.717) is 24.3 Å². The van der Waals surface area contributed by atoms with Crippen LogP contribution in [0.1, 0.15) is 35.2 Å². The number of amides is 1. The molecule has 0 bridgehead atoms. The monoisotopic (exact) mass is 283 g/mol. The van der Waals surface area contributed by atoms with Crippen LogP contribution in [0.3, 0.4) is 0 Å². The summed E-state index contributed by atoms with van der Waals surface area (Å²) in [6.07, 6.45) is 3.38. The summed E-state index contributed by atoms with van der Waals surface area (Å²) in [7, 11) is 0. The number of nitrogens with one attached hydrogen (secondary N) is 1. The Labute approximate surface area is 118 Å². The molecule has 1 aliphatic rings. The Bertz CT molecular complexity index is 463. The molecule has 2 atom stereocenters. The second kappa shape index (κ2) is 6.38. The van der Waals surface area contributed by atoms with E-state index in [4.69, 9.17) is 11.6 Å². The van der Waals surface area contributed by atoms with Crippen molar-refractivity contribution in [2.75, 3.05) is 12.4 Å². The molecular formula is C15H19ClFNO. The summed E-state index contributed by atoms with van der Waals surface area (Å²) < 4.78 is 13.7. The Morgan fingerprint density at radius 2 is 2.16 bits per heavy atom. The van der Waals surface area contributed by atoms with Gasteiger partial charge in [-0.25, -0.2) is 4.39 Å². The Morgan fingerprint density at radius 1 is 1.42 bits per heavy atom. The fourth-order valence-electron chi connectivity index (χ4n) is 2.71. The topological polar surface area (TPSA) is 29.1 Å². The number of halogens is 2. The van der Waals surface area contributed by atoms with Gasteiger partial charge in [-0.2, -0.15) is 0 Å². The average Bonchev–Trinajstić information content (AvgIpc) is 2.83. The first-order valence-corrected chi connectivity index (χ1v) is 7.25. The van der Waals surface area contributed by atoms with E-state index in [-0.39, 0.29) is 11.5 Å². The van der Waals surface area contributed by atoms with Gasteiger partial charge in [0.2, 0.25) is 0 Å². The zero-order chi connectivity index (χ0) is 13.8. The van der Waals surface area contributed by atoms with Gasteiger partial charge in [0.1, 0.15) is 5.82 Å². The molecule has 104 valence electrons. The lowest BCUT2D eigenvalue weighted by atomic mass is 9.98. The molecule has 19 heavy (non-hydrogen) atoms. The van der Waals surface area contributed by atoms with Gasteiger partial charge in [0, 0.05) is 12.4 Å². The van der Waals surface area contributed by atoms with Gasteiger partial charge in [0.25, 0.3) is 5.91 Å². The van der Waals surface area contributed by atoms with Crippen molar-refractivity contribution in [3.8, 4) is 0 Å². The fraction of sp³-hybridized carbons (Fsp3) is 0.533. The number of carbonyl (C=O) groups is 1. The molecular weight excluding hydrogens is 265 g/mol. The van der Waals surface area contributed by atoms with Crippen molar-refractivity contribution in [3.05, 3.63) is 35.1 Å². The van der Waals surface area contributed by atoms with Gasteiger partial charge in [-0.3, -0.25) is 4.79 Å². The SMILES string of the molecule is Cc1ccc(C(=O)NCC2CCCC2CCl)c(F)c1. The van der Waals surface area contributed by atoms with Crippen LogP contribution < -0.4 is 5.32 Å². The third-order valence-corrected chi connectivity index (χ3v) is 4.31. The molecule has 1 amide bonds. The van der Waals surface area contributed by atoms with Crippen LogP contribution in [0.25, 0.3) is 0 Å². The summed E-state index contributed by atoms with van der Waals surface area (Å²) in [5, 5.41) is 2.83. The highest BCUT2D eigenvalue weighted by Gasteiger charge is 2.26. The van der Waals surface area contributed by atoms with Crippen molar-refractivity contribution in [2.45, 2.75) is 26.2 Å². The third kappa shape index (κ3) is 3.47. The first-order chi connectivity index (χ1) is 9.11. The predicted molar refractivity (Wildman–Crippen MR) is 75.0 cm³/mol. The van der Waals surface area contributed by atoms with Crippen molar-refractivity contribution < 1.29 is 9.18 Å². The van der Waals surface area contributed by atoms with E-state index in [1.807, 2.05) is 0 Å². The lowest BCUT2D eigenvalue weighted by molar-refractivity contribution is 0.0940. The van der Waals surface area contributed by atoms with Crippen molar-refractivity contribution in [3.63, 3.8) is 0 Å². The first-order valence-electron chi connectivity index (χ1n) is 6.72. The molecule has 1 aliphatic carbocycles. The summed E-state index contributed by atoms with van der Waals surface area (Å²) in [6, 6.07) is 4.66. The maximum absolute atomic E-state index is 13.7. The zero-order valence-corrected chi connectivity index (χ0v) is 11.8. The molecule has 1 aromatic carbocycles.